The molecule has 0 N–H and O–H groups in total. The third kappa shape index (κ3) is 4.22. The highest BCUT2D eigenvalue weighted by molar-refractivity contribution is 5.16. The molecular weight excluding hydrogens is 319 g/mol. The Morgan fingerprint density at radius 2 is 1.96 bits per heavy atom. The molecule has 0 bridgehead atoms. The minimum Gasteiger partial charge on any atom is -0.381 e. The van der Waals surface area contributed by atoms with E-state index in [1.807, 2.05) is 6.07 Å². The monoisotopic (exact) mass is 348 g/mol. The summed E-state index contributed by atoms with van der Waals surface area (Å²) in [5.41, 5.74) is 1.28. The maximum atomic E-state index is 13.5. The largest absolute Gasteiger partial charge is 0.381 e. The summed E-state index contributed by atoms with van der Waals surface area (Å²) in [5, 5.41) is 0. The molecule has 138 valence electrons. The van der Waals surface area contributed by atoms with Crippen LogP contribution >= 0.6 is 0 Å². The van der Waals surface area contributed by atoms with Gasteiger partial charge in [0.05, 0.1) is 13.2 Å². The van der Waals surface area contributed by atoms with E-state index in [0.29, 0.717) is 6.04 Å². The van der Waals surface area contributed by atoms with Crippen molar-refractivity contribution in [3.05, 3.63) is 35.6 Å². The minimum absolute atomic E-state index is 0.148. The molecule has 1 atom stereocenters. The number of ether oxygens (including phenoxy) is 2. The number of hydrogen-bond donors (Lipinski definition) is 0. The number of rotatable bonds is 3. The van der Waals surface area contributed by atoms with Crippen LogP contribution < -0.4 is 0 Å². The first-order valence-corrected chi connectivity index (χ1v) is 9.59. The Kier molecular flexibility index (Phi) is 5.36. The highest BCUT2D eigenvalue weighted by Crippen LogP contribution is 2.36. The molecule has 3 aliphatic rings. The van der Waals surface area contributed by atoms with Crippen LogP contribution in [0.2, 0.25) is 0 Å². The summed E-state index contributed by atoms with van der Waals surface area (Å²) in [7, 11) is 0. The van der Waals surface area contributed by atoms with E-state index in [1.165, 1.54) is 19.0 Å². The van der Waals surface area contributed by atoms with E-state index in [1.54, 1.807) is 12.1 Å². The molecule has 1 aromatic carbocycles. The fourth-order valence-corrected chi connectivity index (χ4v) is 4.69. The molecule has 0 aromatic heterocycles. The van der Waals surface area contributed by atoms with Gasteiger partial charge in [0.15, 0.2) is 0 Å². The molecule has 0 amide bonds. The van der Waals surface area contributed by atoms with Crippen LogP contribution in [0.3, 0.4) is 0 Å². The number of likely N-dealkylation sites (tertiary alicyclic amines) is 1. The lowest BCUT2D eigenvalue weighted by Gasteiger charge is -2.35. The molecule has 0 radical (unpaired) electrons. The van der Waals surface area contributed by atoms with E-state index in [4.69, 9.17) is 9.47 Å². The van der Waals surface area contributed by atoms with Crippen LogP contribution in [-0.4, -0.2) is 68.4 Å². The number of hydrogen-bond acceptors (Lipinski definition) is 4. The van der Waals surface area contributed by atoms with Gasteiger partial charge in [-0.2, -0.15) is 0 Å². The Morgan fingerprint density at radius 1 is 1.08 bits per heavy atom. The molecule has 3 heterocycles. The van der Waals surface area contributed by atoms with Gasteiger partial charge in [-0.3, -0.25) is 9.80 Å². The Bertz CT molecular complexity index is 579. The van der Waals surface area contributed by atoms with E-state index < -0.39 is 0 Å². The summed E-state index contributed by atoms with van der Waals surface area (Å²) in [6.45, 7) is 8.49. The van der Waals surface area contributed by atoms with Crippen molar-refractivity contribution in [2.24, 2.45) is 5.41 Å². The van der Waals surface area contributed by atoms with Crippen molar-refractivity contribution in [3.63, 3.8) is 0 Å². The quantitative estimate of drug-likeness (QED) is 0.838. The Balaban J connectivity index is 1.41. The summed E-state index contributed by atoms with van der Waals surface area (Å²) < 4.78 is 25.0. The first kappa shape index (κ1) is 17.4. The van der Waals surface area contributed by atoms with Crippen LogP contribution in [0.5, 0.6) is 0 Å². The maximum absolute atomic E-state index is 13.5. The van der Waals surface area contributed by atoms with Crippen LogP contribution in [0.4, 0.5) is 4.39 Å². The van der Waals surface area contributed by atoms with Crippen LogP contribution in [0.1, 0.15) is 24.8 Å². The van der Waals surface area contributed by atoms with Crippen molar-refractivity contribution < 1.29 is 13.9 Å². The van der Waals surface area contributed by atoms with Gasteiger partial charge in [-0.1, -0.05) is 12.1 Å². The first-order chi connectivity index (χ1) is 12.2. The summed E-state index contributed by atoms with van der Waals surface area (Å²) in [4.78, 5) is 5.12. The molecule has 0 aliphatic carbocycles. The van der Waals surface area contributed by atoms with E-state index in [2.05, 4.69) is 9.80 Å². The number of benzene rings is 1. The summed E-state index contributed by atoms with van der Waals surface area (Å²) in [5.74, 6) is -0.148. The lowest BCUT2D eigenvalue weighted by Crippen LogP contribution is -2.43. The number of nitrogens with zero attached hydrogens (tertiary/aromatic N) is 2. The Hall–Kier alpha value is -1.01. The molecule has 1 spiro atoms. The van der Waals surface area contributed by atoms with Crippen molar-refractivity contribution >= 4 is 0 Å². The van der Waals surface area contributed by atoms with Crippen molar-refractivity contribution in [1.29, 1.82) is 0 Å². The van der Waals surface area contributed by atoms with Gasteiger partial charge in [0, 0.05) is 50.8 Å². The molecule has 4 rings (SSSR count). The van der Waals surface area contributed by atoms with Gasteiger partial charge in [0.25, 0.3) is 0 Å². The lowest BCUT2D eigenvalue weighted by molar-refractivity contribution is 0.0284. The van der Waals surface area contributed by atoms with Gasteiger partial charge < -0.3 is 9.47 Å². The standard InChI is InChI=1S/C20H29FN2O2/c21-18-3-1-2-17(12-18)13-22-8-11-25-16-20(14-22)6-7-23(15-20)19-4-9-24-10-5-19/h1-3,12,19H,4-11,13-16H2/t20-/m1/s1. The van der Waals surface area contributed by atoms with E-state index >= 15 is 0 Å². The maximum Gasteiger partial charge on any atom is 0.123 e. The van der Waals surface area contributed by atoms with Crippen LogP contribution in [0.25, 0.3) is 0 Å². The topological polar surface area (TPSA) is 24.9 Å². The van der Waals surface area contributed by atoms with E-state index in [-0.39, 0.29) is 11.2 Å². The molecule has 25 heavy (non-hydrogen) atoms. The average Bonchev–Trinajstić information content (AvgIpc) is 2.93. The molecule has 3 aliphatic heterocycles. The lowest BCUT2D eigenvalue weighted by atomic mass is 9.87. The van der Waals surface area contributed by atoms with E-state index in [0.717, 1.165) is 71.0 Å². The zero-order chi connectivity index (χ0) is 17.1. The van der Waals surface area contributed by atoms with Crippen LogP contribution in [-0.2, 0) is 16.0 Å². The molecule has 0 saturated carbocycles. The van der Waals surface area contributed by atoms with Crippen molar-refractivity contribution in [2.45, 2.75) is 31.8 Å². The summed E-state index contributed by atoms with van der Waals surface area (Å²) in [6, 6.07) is 7.66. The normalized spacial score (nSPS) is 30.0. The fourth-order valence-electron chi connectivity index (χ4n) is 4.69. The second kappa shape index (κ2) is 7.70. The summed E-state index contributed by atoms with van der Waals surface area (Å²) in [6.07, 6.45) is 3.51. The first-order valence-electron chi connectivity index (χ1n) is 9.59. The highest BCUT2D eigenvalue weighted by atomic mass is 19.1. The second-order valence-corrected chi connectivity index (χ2v) is 7.96. The zero-order valence-electron chi connectivity index (χ0n) is 15.0. The third-order valence-corrected chi connectivity index (χ3v) is 5.99. The molecule has 1 aromatic rings. The molecule has 5 heteroatoms. The second-order valence-electron chi connectivity index (χ2n) is 7.96. The summed E-state index contributed by atoms with van der Waals surface area (Å²) >= 11 is 0. The predicted molar refractivity (Wildman–Crippen MR) is 95.0 cm³/mol. The molecule has 4 nitrogen and oxygen atoms in total. The van der Waals surface area contributed by atoms with E-state index in [9.17, 15) is 4.39 Å². The Labute approximate surface area is 149 Å². The smallest absolute Gasteiger partial charge is 0.123 e. The van der Waals surface area contributed by atoms with Gasteiger partial charge in [-0.15, -0.1) is 0 Å². The number of halogens is 1. The van der Waals surface area contributed by atoms with Crippen molar-refractivity contribution in [2.75, 3.05) is 52.6 Å². The van der Waals surface area contributed by atoms with Crippen molar-refractivity contribution in [1.82, 2.24) is 9.80 Å². The SMILES string of the molecule is Fc1cccc(CN2CCOC[C@]3(CCN(C4CCOCC4)C3)C2)c1. The molecular formula is C20H29FN2O2. The fraction of sp³-hybridized carbons (Fsp3) is 0.700. The van der Waals surface area contributed by atoms with Gasteiger partial charge in [-0.25, -0.2) is 4.39 Å². The van der Waals surface area contributed by atoms with Crippen molar-refractivity contribution in [3.8, 4) is 0 Å². The molecule has 3 saturated heterocycles. The molecule has 0 unspecified atom stereocenters. The predicted octanol–water partition coefficient (Wildman–Crippen LogP) is 2.53. The highest BCUT2D eigenvalue weighted by Gasteiger charge is 2.43. The average molecular weight is 348 g/mol. The minimum atomic E-state index is -0.148. The van der Waals surface area contributed by atoms with Gasteiger partial charge in [-0.05, 0) is 43.5 Å². The van der Waals surface area contributed by atoms with Gasteiger partial charge >= 0.3 is 0 Å². The Morgan fingerprint density at radius 3 is 2.80 bits per heavy atom. The molecule has 3 fully saturated rings. The van der Waals surface area contributed by atoms with Gasteiger partial charge in [0.1, 0.15) is 5.82 Å². The third-order valence-electron chi connectivity index (χ3n) is 5.99. The zero-order valence-corrected chi connectivity index (χ0v) is 15.0. The van der Waals surface area contributed by atoms with Crippen LogP contribution in [0.15, 0.2) is 24.3 Å². The van der Waals surface area contributed by atoms with Crippen LogP contribution in [0, 0.1) is 11.2 Å². The van der Waals surface area contributed by atoms with Gasteiger partial charge in [0.2, 0.25) is 0 Å².